The highest BCUT2D eigenvalue weighted by atomic mass is 35.5. The lowest BCUT2D eigenvalue weighted by Gasteiger charge is -2.07. The quantitative estimate of drug-likeness (QED) is 0.349. The first kappa shape index (κ1) is 21.0. The van der Waals surface area contributed by atoms with Crippen LogP contribution in [0.5, 0.6) is 0 Å². The third-order valence-corrected chi connectivity index (χ3v) is 6.07. The highest BCUT2D eigenvalue weighted by molar-refractivity contribution is 7.98. The van der Waals surface area contributed by atoms with Gasteiger partial charge in [0.05, 0.1) is 5.02 Å². The van der Waals surface area contributed by atoms with Crippen molar-refractivity contribution in [3.8, 4) is 0 Å². The van der Waals surface area contributed by atoms with Crippen LogP contribution in [0.25, 0.3) is 11.0 Å². The average molecular weight is 456 g/mol. The molecule has 2 heterocycles. The molecule has 0 saturated carbocycles. The number of furan rings is 1. The second-order valence-electron chi connectivity index (χ2n) is 6.79. The monoisotopic (exact) mass is 455 g/mol. The summed E-state index contributed by atoms with van der Waals surface area (Å²) < 4.78 is 7.44. The Balaban J connectivity index is 1.36. The minimum absolute atomic E-state index is 0.0968. The van der Waals surface area contributed by atoms with Crippen molar-refractivity contribution in [3.63, 3.8) is 0 Å². The molecule has 8 nitrogen and oxygen atoms in total. The Morgan fingerprint density at radius 1 is 1.13 bits per heavy atom. The van der Waals surface area contributed by atoms with E-state index in [1.165, 1.54) is 0 Å². The summed E-state index contributed by atoms with van der Waals surface area (Å²) in [6.07, 6.45) is 1.64. The fourth-order valence-corrected chi connectivity index (χ4v) is 4.03. The maximum atomic E-state index is 12.5. The van der Waals surface area contributed by atoms with Crippen molar-refractivity contribution in [2.24, 2.45) is 7.05 Å². The largest absolute Gasteiger partial charge is 0.449 e. The lowest BCUT2D eigenvalue weighted by Crippen LogP contribution is -2.41. The number of rotatable bonds is 5. The van der Waals surface area contributed by atoms with Gasteiger partial charge in [0.2, 0.25) is 0 Å². The summed E-state index contributed by atoms with van der Waals surface area (Å²) in [5, 5.41) is 9.84. The predicted molar refractivity (Wildman–Crippen MR) is 118 cm³/mol. The SMILES string of the molecule is Cc1c(C(=O)NNC(=O)c2ccc(CSc3nncn3C)cc2)oc2c(Cl)cccc12. The first-order valence-electron chi connectivity index (χ1n) is 9.28. The van der Waals surface area contributed by atoms with E-state index in [2.05, 4.69) is 21.0 Å². The maximum Gasteiger partial charge on any atom is 0.305 e. The molecule has 2 N–H and O–H groups in total. The van der Waals surface area contributed by atoms with Gasteiger partial charge in [-0.05, 0) is 30.7 Å². The van der Waals surface area contributed by atoms with Gasteiger partial charge < -0.3 is 8.98 Å². The van der Waals surface area contributed by atoms with E-state index in [-0.39, 0.29) is 5.76 Å². The molecule has 10 heteroatoms. The molecule has 0 radical (unpaired) electrons. The molecule has 158 valence electrons. The number of halogens is 1. The summed E-state index contributed by atoms with van der Waals surface area (Å²) in [5.41, 5.74) is 7.32. The number of aromatic nitrogens is 3. The van der Waals surface area contributed by atoms with Crippen molar-refractivity contribution in [3.05, 3.63) is 76.3 Å². The highest BCUT2D eigenvalue weighted by Gasteiger charge is 2.19. The normalized spacial score (nSPS) is 10.9. The Hall–Kier alpha value is -3.30. The Morgan fingerprint density at radius 2 is 1.87 bits per heavy atom. The first-order valence-corrected chi connectivity index (χ1v) is 10.6. The van der Waals surface area contributed by atoms with E-state index in [9.17, 15) is 9.59 Å². The number of nitrogens with one attached hydrogen (secondary N) is 2. The molecule has 0 spiro atoms. The molecule has 0 unspecified atom stereocenters. The van der Waals surface area contributed by atoms with E-state index in [0.29, 0.717) is 27.5 Å². The Bertz CT molecular complexity index is 1270. The summed E-state index contributed by atoms with van der Waals surface area (Å²) in [6, 6.07) is 12.4. The van der Waals surface area contributed by atoms with E-state index in [1.54, 1.807) is 49.3 Å². The lowest BCUT2D eigenvalue weighted by atomic mass is 10.1. The standard InChI is InChI=1S/C21H18ClN5O3S/c1-12-15-4-3-5-16(22)18(15)30-17(12)20(29)25-24-19(28)14-8-6-13(7-9-14)10-31-21-26-23-11-27(21)2/h3-9,11H,10H2,1-2H3,(H,24,28)(H,25,29). The van der Waals surface area contributed by atoms with Crippen LogP contribution in [0, 0.1) is 6.92 Å². The zero-order valence-electron chi connectivity index (χ0n) is 16.7. The molecule has 0 aliphatic rings. The topological polar surface area (TPSA) is 102 Å². The Labute approximate surface area is 186 Å². The summed E-state index contributed by atoms with van der Waals surface area (Å²) >= 11 is 7.67. The van der Waals surface area contributed by atoms with Gasteiger partial charge >= 0.3 is 5.91 Å². The van der Waals surface area contributed by atoms with E-state index in [0.717, 1.165) is 16.1 Å². The highest BCUT2D eigenvalue weighted by Crippen LogP contribution is 2.30. The number of thioether (sulfide) groups is 1. The van der Waals surface area contributed by atoms with Crippen molar-refractivity contribution in [2.45, 2.75) is 17.8 Å². The Morgan fingerprint density at radius 3 is 2.55 bits per heavy atom. The zero-order valence-corrected chi connectivity index (χ0v) is 18.3. The van der Waals surface area contributed by atoms with E-state index in [4.69, 9.17) is 16.0 Å². The summed E-state index contributed by atoms with van der Waals surface area (Å²) in [7, 11) is 1.88. The fourth-order valence-electron chi connectivity index (χ4n) is 2.97. The number of nitrogens with zero attached hydrogens (tertiary/aromatic N) is 3. The Kier molecular flexibility index (Phi) is 5.97. The van der Waals surface area contributed by atoms with Gasteiger partial charge in [0.25, 0.3) is 5.91 Å². The van der Waals surface area contributed by atoms with Crippen molar-refractivity contribution in [1.82, 2.24) is 25.6 Å². The predicted octanol–water partition coefficient (Wildman–Crippen LogP) is 3.89. The van der Waals surface area contributed by atoms with Crippen LogP contribution in [0.15, 0.2) is 58.4 Å². The molecular formula is C21H18ClN5O3S. The van der Waals surface area contributed by atoms with Crippen LogP contribution in [0.3, 0.4) is 0 Å². The number of carbonyl (C=O) groups excluding carboxylic acids is 2. The number of hydrazine groups is 1. The van der Waals surface area contributed by atoms with Gasteiger partial charge in [-0.15, -0.1) is 10.2 Å². The molecule has 2 amide bonds. The number of hydrogen-bond donors (Lipinski definition) is 2. The molecule has 2 aromatic heterocycles. The second-order valence-corrected chi connectivity index (χ2v) is 8.14. The average Bonchev–Trinajstić information content (AvgIpc) is 3.34. The molecule has 0 aliphatic heterocycles. The molecule has 0 aliphatic carbocycles. The second kappa shape index (κ2) is 8.83. The summed E-state index contributed by atoms with van der Waals surface area (Å²) in [4.78, 5) is 24.9. The molecule has 4 aromatic rings. The molecule has 31 heavy (non-hydrogen) atoms. The lowest BCUT2D eigenvalue weighted by molar-refractivity contribution is 0.0831. The van der Waals surface area contributed by atoms with E-state index in [1.807, 2.05) is 29.8 Å². The number of para-hydroxylation sites is 1. The molecule has 2 aromatic carbocycles. The van der Waals surface area contributed by atoms with Crippen molar-refractivity contribution < 1.29 is 14.0 Å². The minimum Gasteiger partial charge on any atom is -0.449 e. The van der Waals surface area contributed by atoms with Crippen molar-refractivity contribution >= 4 is 46.1 Å². The van der Waals surface area contributed by atoms with Gasteiger partial charge in [-0.3, -0.25) is 20.4 Å². The van der Waals surface area contributed by atoms with Gasteiger partial charge in [-0.1, -0.05) is 47.6 Å². The number of aryl methyl sites for hydroxylation is 2. The smallest absolute Gasteiger partial charge is 0.305 e. The molecule has 0 atom stereocenters. The van der Waals surface area contributed by atoms with Gasteiger partial charge in [0.15, 0.2) is 16.5 Å². The van der Waals surface area contributed by atoms with Gasteiger partial charge in [-0.25, -0.2) is 0 Å². The summed E-state index contributed by atoms with van der Waals surface area (Å²) in [6.45, 7) is 1.76. The van der Waals surface area contributed by atoms with Crippen molar-refractivity contribution in [1.29, 1.82) is 0 Å². The van der Waals surface area contributed by atoms with Crippen molar-refractivity contribution in [2.75, 3.05) is 0 Å². The number of fused-ring (bicyclic) bond motifs is 1. The van der Waals surface area contributed by atoms with Crippen LogP contribution in [-0.2, 0) is 12.8 Å². The molecule has 0 bridgehead atoms. The van der Waals surface area contributed by atoms with Crippen LogP contribution in [-0.4, -0.2) is 26.6 Å². The van der Waals surface area contributed by atoms with Gasteiger partial charge in [0, 0.05) is 29.3 Å². The number of benzene rings is 2. The van der Waals surface area contributed by atoms with E-state index < -0.39 is 11.8 Å². The minimum atomic E-state index is -0.560. The molecule has 0 fully saturated rings. The maximum absolute atomic E-state index is 12.5. The number of carbonyl (C=O) groups is 2. The zero-order chi connectivity index (χ0) is 22.0. The van der Waals surface area contributed by atoms with Crippen LogP contribution < -0.4 is 10.9 Å². The molecule has 0 saturated heterocycles. The van der Waals surface area contributed by atoms with Crippen LogP contribution in [0.1, 0.15) is 32.0 Å². The first-order chi connectivity index (χ1) is 14.9. The summed E-state index contributed by atoms with van der Waals surface area (Å²) in [5.74, 6) is -0.207. The molecular weight excluding hydrogens is 438 g/mol. The van der Waals surface area contributed by atoms with Gasteiger partial charge in [0.1, 0.15) is 6.33 Å². The third kappa shape index (κ3) is 4.42. The fraction of sp³-hybridized carbons (Fsp3) is 0.143. The van der Waals surface area contributed by atoms with E-state index >= 15 is 0 Å². The van der Waals surface area contributed by atoms with Crippen LogP contribution >= 0.6 is 23.4 Å². The number of hydrogen-bond acceptors (Lipinski definition) is 6. The van der Waals surface area contributed by atoms with Crippen LogP contribution in [0.2, 0.25) is 5.02 Å². The third-order valence-electron chi connectivity index (χ3n) is 4.67. The number of amides is 2. The van der Waals surface area contributed by atoms with Crippen LogP contribution in [0.4, 0.5) is 0 Å². The molecule has 4 rings (SSSR count). The van der Waals surface area contributed by atoms with Gasteiger partial charge in [-0.2, -0.15) is 0 Å².